The Morgan fingerprint density at radius 1 is 1.43 bits per heavy atom. The molecule has 3 rings (SSSR count). The Bertz CT molecular complexity index is 633. The molecular weight excluding hydrogens is 262 g/mol. The van der Waals surface area contributed by atoms with Crippen molar-refractivity contribution in [1.82, 2.24) is 9.78 Å². The number of aromatic nitrogens is 2. The van der Waals surface area contributed by atoms with E-state index in [1.165, 1.54) is 11.1 Å². The van der Waals surface area contributed by atoms with Crippen LogP contribution in [0.25, 0.3) is 0 Å². The topological polar surface area (TPSA) is 53.1 Å². The van der Waals surface area contributed by atoms with Gasteiger partial charge in [-0.3, -0.25) is 4.68 Å². The largest absolute Gasteiger partial charge is 0.487 e. The molecule has 1 aliphatic rings. The van der Waals surface area contributed by atoms with Crippen molar-refractivity contribution < 1.29 is 4.74 Å². The Labute approximate surface area is 125 Å². The van der Waals surface area contributed by atoms with Gasteiger partial charge in [-0.15, -0.1) is 0 Å². The molecule has 0 bridgehead atoms. The number of benzene rings is 1. The van der Waals surface area contributed by atoms with Crippen LogP contribution < -0.4 is 10.5 Å². The molecule has 2 N–H and O–H groups in total. The number of hydrogen-bond acceptors (Lipinski definition) is 3. The first-order valence-corrected chi connectivity index (χ1v) is 7.71. The van der Waals surface area contributed by atoms with Gasteiger partial charge in [0.05, 0.1) is 11.4 Å². The van der Waals surface area contributed by atoms with E-state index in [-0.39, 0.29) is 6.04 Å². The Morgan fingerprint density at radius 3 is 3.05 bits per heavy atom. The second-order valence-corrected chi connectivity index (χ2v) is 5.72. The van der Waals surface area contributed by atoms with Crippen LogP contribution in [0.4, 0.5) is 0 Å². The number of ether oxygens (including phenoxy) is 1. The van der Waals surface area contributed by atoms with Crippen LogP contribution in [0.2, 0.25) is 0 Å². The number of fused-ring (bicyclic) bond motifs is 1. The van der Waals surface area contributed by atoms with E-state index in [1.807, 2.05) is 23.9 Å². The molecule has 112 valence electrons. The second kappa shape index (κ2) is 5.90. The van der Waals surface area contributed by atoms with Gasteiger partial charge in [-0.05, 0) is 48.9 Å². The van der Waals surface area contributed by atoms with E-state index in [0.717, 1.165) is 42.8 Å². The number of rotatable bonds is 4. The van der Waals surface area contributed by atoms with Gasteiger partial charge in [0, 0.05) is 13.1 Å². The molecule has 0 saturated carbocycles. The maximum Gasteiger partial charge on any atom is 0.130 e. The highest BCUT2D eigenvalue weighted by Crippen LogP contribution is 2.34. The zero-order chi connectivity index (χ0) is 14.8. The van der Waals surface area contributed by atoms with Crippen LogP contribution in [0.15, 0.2) is 24.3 Å². The van der Waals surface area contributed by atoms with E-state index >= 15 is 0 Å². The minimum absolute atomic E-state index is 0.153. The Hall–Kier alpha value is -1.81. The van der Waals surface area contributed by atoms with E-state index in [9.17, 15) is 0 Å². The number of nitrogens with zero attached hydrogens (tertiary/aromatic N) is 2. The molecule has 1 aromatic heterocycles. The average Bonchev–Trinajstić information content (AvgIpc) is 2.86. The summed E-state index contributed by atoms with van der Waals surface area (Å²) in [4.78, 5) is 0. The number of aryl methyl sites for hydroxylation is 2. The highest BCUT2D eigenvalue weighted by molar-refractivity contribution is 5.43. The van der Waals surface area contributed by atoms with Crippen molar-refractivity contribution in [1.29, 1.82) is 0 Å². The smallest absolute Gasteiger partial charge is 0.130 e. The SMILES string of the molecule is CCc1cc(COc2cccc3c2CCCC3N)n(C)n1. The molecular formula is C17H23N3O. The van der Waals surface area contributed by atoms with Crippen LogP contribution in [0, 0.1) is 0 Å². The van der Waals surface area contributed by atoms with Crippen molar-refractivity contribution in [3.63, 3.8) is 0 Å². The molecule has 1 heterocycles. The van der Waals surface area contributed by atoms with E-state index in [2.05, 4.69) is 24.2 Å². The molecule has 1 aliphatic carbocycles. The predicted molar refractivity (Wildman–Crippen MR) is 83.2 cm³/mol. The summed E-state index contributed by atoms with van der Waals surface area (Å²) in [7, 11) is 1.97. The van der Waals surface area contributed by atoms with E-state index < -0.39 is 0 Å². The van der Waals surface area contributed by atoms with Gasteiger partial charge in [-0.2, -0.15) is 5.10 Å². The van der Waals surface area contributed by atoms with Gasteiger partial charge in [0.15, 0.2) is 0 Å². The Balaban J connectivity index is 1.79. The van der Waals surface area contributed by atoms with Gasteiger partial charge in [0.2, 0.25) is 0 Å². The lowest BCUT2D eigenvalue weighted by atomic mass is 9.87. The minimum atomic E-state index is 0.153. The van der Waals surface area contributed by atoms with Crippen LogP contribution >= 0.6 is 0 Å². The fraction of sp³-hybridized carbons (Fsp3) is 0.471. The highest BCUT2D eigenvalue weighted by atomic mass is 16.5. The summed E-state index contributed by atoms with van der Waals surface area (Å²) in [5, 5.41) is 4.46. The molecule has 4 heteroatoms. The van der Waals surface area contributed by atoms with E-state index in [4.69, 9.17) is 10.5 Å². The van der Waals surface area contributed by atoms with Gasteiger partial charge in [0.1, 0.15) is 12.4 Å². The lowest BCUT2D eigenvalue weighted by Crippen LogP contribution is -2.18. The zero-order valence-electron chi connectivity index (χ0n) is 12.8. The predicted octanol–water partition coefficient (Wildman–Crippen LogP) is 2.90. The molecule has 0 spiro atoms. The summed E-state index contributed by atoms with van der Waals surface area (Å²) in [6, 6.07) is 8.49. The molecule has 0 fully saturated rings. The quantitative estimate of drug-likeness (QED) is 0.939. The summed E-state index contributed by atoms with van der Waals surface area (Å²) in [6.45, 7) is 2.66. The van der Waals surface area contributed by atoms with Gasteiger partial charge in [0.25, 0.3) is 0 Å². The molecule has 1 aromatic carbocycles. The number of hydrogen-bond donors (Lipinski definition) is 1. The monoisotopic (exact) mass is 285 g/mol. The van der Waals surface area contributed by atoms with Crippen molar-refractivity contribution in [2.45, 2.75) is 45.3 Å². The molecule has 21 heavy (non-hydrogen) atoms. The van der Waals surface area contributed by atoms with Crippen molar-refractivity contribution in [2.24, 2.45) is 12.8 Å². The highest BCUT2D eigenvalue weighted by Gasteiger charge is 2.20. The normalized spacial score (nSPS) is 17.6. The van der Waals surface area contributed by atoms with Crippen LogP contribution in [0.3, 0.4) is 0 Å². The molecule has 0 aliphatic heterocycles. The second-order valence-electron chi connectivity index (χ2n) is 5.72. The summed E-state index contributed by atoms with van der Waals surface area (Å²) in [6.07, 6.45) is 4.21. The molecule has 0 radical (unpaired) electrons. The van der Waals surface area contributed by atoms with Gasteiger partial charge in [-0.1, -0.05) is 19.1 Å². The summed E-state index contributed by atoms with van der Waals surface area (Å²) >= 11 is 0. The minimum Gasteiger partial charge on any atom is -0.487 e. The van der Waals surface area contributed by atoms with E-state index in [0.29, 0.717) is 6.61 Å². The lowest BCUT2D eigenvalue weighted by molar-refractivity contribution is 0.289. The molecule has 1 atom stereocenters. The van der Waals surface area contributed by atoms with Crippen LogP contribution in [0.5, 0.6) is 5.75 Å². The molecule has 1 unspecified atom stereocenters. The van der Waals surface area contributed by atoms with Crippen molar-refractivity contribution in [3.8, 4) is 5.75 Å². The van der Waals surface area contributed by atoms with Crippen LogP contribution in [-0.4, -0.2) is 9.78 Å². The molecule has 4 nitrogen and oxygen atoms in total. The number of nitrogens with two attached hydrogens (primary N) is 1. The van der Waals surface area contributed by atoms with Crippen molar-refractivity contribution >= 4 is 0 Å². The molecule has 0 amide bonds. The third-order valence-electron chi connectivity index (χ3n) is 4.28. The summed E-state index contributed by atoms with van der Waals surface area (Å²) in [5.74, 6) is 0.974. The van der Waals surface area contributed by atoms with Crippen molar-refractivity contribution in [2.75, 3.05) is 0 Å². The maximum absolute atomic E-state index is 6.20. The van der Waals surface area contributed by atoms with Gasteiger partial charge in [-0.25, -0.2) is 0 Å². The fourth-order valence-corrected chi connectivity index (χ4v) is 3.02. The first-order chi connectivity index (χ1) is 10.2. The van der Waals surface area contributed by atoms with E-state index in [1.54, 1.807) is 0 Å². The summed E-state index contributed by atoms with van der Waals surface area (Å²) in [5.41, 5.74) is 10.9. The zero-order valence-corrected chi connectivity index (χ0v) is 12.8. The third-order valence-corrected chi connectivity index (χ3v) is 4.28. The Kier molecular flexibility index (Phi) is 3.97. The standard InChI is InChI=1S/C17H23N3O/c1-3-12-10-13(20(2)19-12)11-21-17-9-5-6-14-15(17)7-4-8-16(14)18/h5-6,9-10,16H,3-4,7-8,11,18H2,1-2H3. The maximum atomic E-state index is 6.20. The first kappa shape index (κ1) is 14.1. The summed E-state index contributed by atoms with van der Waals surface area (Å²) < 4.78 is 7.96. The van der Waals surface area contributed by atoms with Gasteiger partial charge < -0.3 is 10.5 Å². The molecule has 2 aromatic rings. The Morgan fingerprint density at radius 2 is 2.29 bits per heavy atom. The third kappa shape index (κ3) is 2.81. The lowest BCUT2D eigenvalue weighted by Gasteiger charge is -2.24. The first-order valence-electron chi connectivity index (χ1n) is 7.71. The van der Waals surface area contributed by atoms with Crippen LogP contribution in [-0.2, 0) is 26.5 Å². The fourth-order valence-electron chi connectivity index (χ4n) is 3.02. The van der Waals surface area contributed by atoms with Crippen molar-refractivity contribution in [3.05, 3.63) is 46.8 Å². The average molecular weight is 285 g/mol. The van der Waals surface area contributed by atoms with Crippen LogP contribution in [0.1, 0.15) is 48.3 Å². The molecule has 0 saturated heterocycles. The van der Waals surface area contributed by atoms with Gasteiger partial charge >= 0.3 is 0 Å².